The van der Waals surface area contributed by atoms with Crippen molar-refractivity contribution in [3.63, 3.8) is 0 Å². The van der Waals surface area contributed by atoms with Gasteiger partial charge in [-0.1, -0.05) is 52.7 Å². The van der Waals surface area contributed by atoms with Gasteiger partial charge in [-0.2, -0.15) is 0 Å². The van der Waals surface area contributed by atoms with E-state index >= 15 is 0 Å². The Morgan fingerprint density at radius 3 is 2.75 bits per heavy atom. The molecule has 20 heavy (non-hydrogen) atoms. The molecule has 4 unspecified atom stereocenters. The van der Waals surface area contributed by atoms with E-state index in [2.05, 4.69) is 45.5 Å². The van der Waals surface area contributed by atoms with Gasteiger partial charge >= 0.3 is 0 Å². The molecule has 2 fully saturated rings. The van der Waals surface area contributed by atoms with Gasteiger partial charge in [-0.05, 0) is 43.1 Å². The maximum atomic E-state index is 12.2. The molecule has 0 spiro atoms. The van der Waals surface area contributed by atoms with Crippen LogP contribution in [0, 0.1) is 11.8 Å². The fourth-order valence-corrected chi connectivity index (χ4v) is 4.19. The van der Waals surface area contributed by atoms with Crippen LogP contribution in [0.15, 0.2) is 30.3 Å². The van der Waals surface area contributed by atoms with E-state index in [1.54, 1.807) is 0 Å². The Hall–Kier alpha value is -0.830. The Bertz CT molecular complexity index is 461. The maximum Gasteiger partial charge on any atom is 0.223 e. The average Bonchev–Trinajstić information content (AvgIpc) is 3.26. The minimum atomic E-state index is 0.209. The van der Waals surface area contributed by atoms with Gasteiger partial charge in [0.2, 0.25) is 5.91 Å². The van der Waals surface area contributed by atoms with Crippen molar-refractivity contribution in [2.75, 3.05) is 6.54 Å². The Morgan fingerprint density at radius 2 is 2.00 bits per heavy atom. The molecule has 3 heteroatoms. The minimum Gasteiger partial charge on any atom is -0.356 e. The monoisotopic (exact) mass is 335 g/mol. The van der Waals surface area contributed by atoms with E-state index in [0.29, 0.717) is 16.7 Å². The summed E-state index contributed by atoms with van der Waals surface area (Å²) in [5.41, 5.74) is 1.31. The number of carbonyl (C=O) groups excluding carboxylic acids is 1. The Labute approximate surface area is 129 Å². The number of alkyl halides is 1. The molecule has 2 saturated carbocycles. The second-order valence-electron chi connectivity index (χ2n) is 6.23. The average molecular weight is 336 g/mol. The van der Waals surface area contributed by atoms with Crippen LogP contribution >= 0.6 is 15.9 Å². The fourth-order valence-electron chi connectivity index (χ4n) is 3.34. The molecular weight excluding hydrogens is 314 g/mol. The first-order valence-electron chi connectivity index (χ1n) is 7.71. The Balaban J connectivity index is 1.44. The van der Waals surface area contributed by atoms with Crippen LogP contribution < -0.4 is 5.32 Å². The van der Waals surface area contributed by atoms with Crippen LogP contribution in [0.2, 0.25) is 0 Å². The molecule has 108 valence electrons. The lowest BCUT2D eigenvalue weighted by Gasteiger charge is -2.25. The number of halogens is 1. The third-order valence-corrected chi connectivity index (χ3v) is 5.47. The number of nitrogens with one attached hydrogen (secondary N) is 1. The van der Waals surface area contributed by atoms with E-state index in [-0.39, 0.29) is 11.8 Å². The molecule has 4 atom stereocenters. The standard InChI is InChI=1S/C17H22BrNO/c18-14-8-4-5-12(9-14)11-19-17(20)16-10-15(16)13-6-2-1-3-7-13/h1-3,6-7,12,14-16H,4-5,8-11H2,(H,19,20). The molecule has 1 aromatic carbocycles. The van der Waals surface area contributed by atoms with Crippen LogP contribution in [0.3, 0.4) is 0 Å². The van der Waals surface area contributed by atoms with Gasteiger partial charge in [0.25, 0.3) is 0 Å². The SMILES string of the molecule is O=C(NCC1CCCC(Br)C1)C1CC1c1ccccc1. The summed E-state index contributed by atoms with van der Waals surface area (Å²) >= 11 is 3.70. The molecule has 0 aromatic heterocycles. The molecular formula is C17H22BrNO. The first kappa shape index (κ1) is 14.1. The minimum absolute atomic E-state index is 0.209. The topological polar surface area (TPSA) is 29.1 Å². The molecule has 1 amide bonds. The quantitative estimate of drug-likeness (QED) is 0.831. The normalized spacial score (nSPS) is 32.6. The molecule has 0 radical (unpaired) electrons. The van der Waals surface area contributed by atoms with Gasteiger partial charge in [-0.25, -0.2) is 0 Å². The number of hydrogen-bond donors (Lipinski definition) is 1. The summed E-state index contributed by atoms with van der Waals surface area (Å²) in [5.74, 6) is 1.58. The van der Waals surface area contributed by atoms with E-state index < -0.39 is 0 Å². The van der Waals surface area contributed by atoms with Crippen molar-refractivity contribution in [1.82, 2.24) is 5.32 Å². The largest absolute Gasteiger partial charge is 0.356 e. The third-order valence-electron chi connectivity index (χ3n) is 4.64. The summed E-state index contributed by atoms with van der Waals surface area (Å²) in [5, 5.41) is 3.17. The predicted molar refractivity (Wildman–Crippen MR) is 85.0 cm³/mol. The summed E-state index contributed by atoms with van der Waals surface area (Å²) in [4.78, 5) is 12.8. The zero-order valence-electron chi connectivity index (χ0n) is 11.7. The first-order chi connectivity index (χ1) is 9.74. The van der Waals surface area contributed by atoms with Gasteiger partial charge in [0.15, 0.2) is 0 Å². The molecule has 0 aliphatic heterocycles. The molecule has 1 aromatic rings. The highest BCUT2D eigenvalue weighted by Gasteiger charge is 2.43. The van der Waals surface area contributed by atoms with Gasteiger partial charge in [0.1, 0.15) is 0 Å². The van der Waals surface area contributed by atoms with Crippen LogP contribution in [0.4, 0.5) is 0 Å². The van der Waals surface area contributed by atoms with Gasteiger partial charge in [-0.15, -0.1) is 0 Å². The Kier molecular flexibility index (Phi) is 4.45. The summed E-state index contributed by atoms with van der Waals surface area (Å²) in [7, 11) is 0. The zero-order valence-corrected chi connectivity index (χ0v) is 13.3. The zero-order chi connectivity index (χ0) is 13.9. The fraction of sp³-hybridized carbons (Fsp3) is 0.588. The maximum absolute atomic E-state index is 12.2. The molecule has 2 aliphatic carbocycles. The van der Waals surface area contributed by atoms with Crippen LogP contribution in [-0.2, 0) is 4.79 Å². The van der Waals surface area contributed by atoms with Crippen molar-refractivity contribution in [2.45, 2.75) is 42.8 Å². The highest BCUT2D eigenvalue weighted by molar-refractivity contribution is 9.09. The number of carbonyl (C=O) groups is 1. The second-order valence-corrected chi connectivity index (χ2v) is 7.53. The number of hydrogen-bond acceptors (Lipinski definition) is 1. The molecule has 0 saturated heterocycles. The van der Waals surface area contributed by atoms with E-state index in [4.69, 9.17) is 0 Å². The number of benzene rings is 1. The van der Waals surface area contributed by atoms with E-state index in [0.717, 1.165) is 13.0 Å². The summed E-state index contributed by atoms with van der Waals surface area (Å²) in [6, 6.07) is 10.4. The van der Waals surface area contributed by atoms with Crippen molar-refractivity contribution in [3.05, 3.63) is 35.9 Å². The van der Waals surface area contributed by atoms with Crippen molar-refractivity contribution >= 4 is 21.8 Å². The predicted octanol–water partition coefficient (Wildman–Crippen LogP) is 3.86. The van der Waals surface area contributed by atoms with Gasteiger partial charge < -0.3 is 5.32 Å². The van der Waals surface area contributed by atoms with Crippen molar-refractivity contribution in [2.24, 2.45) is 11.8 Å². The molecule has 1 N–H and O–H groups in total. The number of rotatable bonds is 4. The number of amides is 1. The lowest BCUT2D eigenvalue weighted by Crippen LogP contribution is -2.33. The molecule has 2 aliphatic rings. The van der Waals surface area contributed by atoms with Crippen molar-refractivity contribution in [1.29, 1.82) is 0 Å². The lowest BCUT2D eigenvalue weighted by atomic mass is 9.89. The van der Waals surface area contributed by atoms with E-state index in [1.165, 1.54) is 31.2 Å². The summed E-state index contributed by atoms with van der Waals surface area (Å²) in [6.07, 6.45) is 6.04. The van der Waals surface area contributed by atoms with Gasteiger partial charge in [-0.3, -0.25) is 4.79 Å². The second kappa shape index (κ2) is 6.30. The molecule has 2 nitrogen and oxygen atoms in total. The van der Waals surface area contributed by atoms with Crippen molar-refractivity contribution in [3.8, 4) is 0 Å². The first-order valence-corrected chi connectivity index (χ1v) is 8.62. The Morgan fingerprint density at radius 1 is 1.20 bits per heavy atom. The van der Waals surface area contributed by atoms with E-state index in [1.807, 2.05) is 6.07 Å². The smallest absolute Gasteiger partial charge is 0.223 e. The highest BCUT2D eigenvalue weighted by Crippen LogP contribution is 2.47. The highest BCUT2D eigenvalue weighted by atomic mass is 79.9. The molecule has 0 heterocycles. The van der Waals surface area contributed by atoms with E-state index in [9.17, 15) is 4.79 Å². The molecule has 0 bridgehead atoms. The third kappa shape index (κ3) is 3.43. The van der Waals surface area contributed by atoms with Gasteiger partial charge in [0.05, 0.1) is 0 Å². The van der Waals surface area contributed by atoms with Crippen LogP contribution in [-0.4, -0.2) is 17.3 Å². The van der Waals surface area contributed by atoms with Crippen molar-refractivity contribution < 1.29 is 4.79 Å². The summed E-state index contributed by atoms with van der Waals surface area (Å²) < 4.78 is 0. The van der Waals surface area contributed by atoms with Crippen LogP contribution in [0.1, 0.15) is 43.6 Å². The van der Waals surface area contributed by atoms with Gasteiger partial charge in [0, 0.05) is 17.3 Å². The molecule has 3 rings (SSSR count). The summed E-state index contributed by atoms with van der Waals surface area (Å²) in [6.45, 7) is 0.860. The lowest BCUT2D eigenvalue weighted by molar-refractivity contribution is -0.122. The van der Waals surface area contributed by atoms with Crippen LogP contribution in [0.25, 0.3) is 0 Å². The van der Waals surface area contributed by atoms with Crippen LogP contribution in [0.5, 0.6) is 0 Å².